The van der Waals surface area contributed by atoms with Crippen molar-refractivity contribution in [2.24, 2.45) is 29.6 Å². The summed E-state index contributed by atoms with van der Waals surface area (Å²) in [6.07, 6.45) is 3.36. The second-order valence-electron chi connectivity index (χ2n) is 20.8. The summed E-state index contributed by atoms with van der Waals surface area (Å²) in [6, 6.07) is 2.84. The van der Waals surface area contributed by atoms with Crippen molar-refractivity contribution in [3.8, 4) is 0 Å². The molecule has 2 bridgehead atoms. The molecule has 1 saturated carbocycles. The maximum atomic E-state index is 14.6. The number of cyclic esters (lactones) is 1. The van der Waals surface area contributed by atoms with Gasteiger partial charge in [-0.3, -0.25) is 14.4 Å². The molecule has 4 aliphatic rings. The van der Waals surface area contributed by atoms with E-state index >= 15 is 0 Å². The van der Waals surface area contributed by atoms with Gasteiger partial charge in [-0.15, -0.1) is 0 Å². The summed E-state index contributed by atoms with van der Waals surface area (Å²) in [5.74, 6) is -7.63. The first kappa shape index (κ1) is 55.6. The number of Topliss-reactive ketones (excluding diaryl/α,β-unsaturated/α-hetero) is 2. The highest BCUT2D eigenvalue weighted by atomic mass is 16.7. The Morgan fingerprint density at radius 3 is 2.16 bits per heavy atom. The number of hydrogen-bond acceptors (Lipinski definition) is 13. The van der Waals surface area contributed by atoms with Crippen LogP contribution in [0.15, 0.2) is 35.4 Å². The third kappa shape index (κ3) is 13.1. The Balaban J connectivity index is 1.44. The summed E-state index contributed by atoms with van der Waals surface area (Å²) in [5.41, 5.74) is 5.89. The van der Waals surface area contributed by atoms with Crippen LogP contribution in [-0.2, 0) is 47.6 Å². The zero-order chi connectivity index (χ0) is 50.2. The van der Waals surface area contributed by atoms with Gasteiger partial charge in [0.2, 0.25) is 5.79 Å². The molecule has 15 unspecified atom stereocenters. The van der Waals surface area contributed by atoms with Crippen LogP contribution in [-0.4, -0.2) is 133 Å². The molecule has 1 aromatic rings. The van der Waals surface area contributed by atoms with E-state index in [1.807, 2.05) is 58.9 Å². The van der Waals surface area contributed by atoms with Crippen LogP contribution in [0.5, 0.6) is 0 Å². The number of esters is 1. The molecule has 1 aromatic carbocycles. The normalized spacial score (nSPS) is 36.0. The number of aliphatic hydroxyl groups excluding tert-OH is 2. The van der Waals surface area contributed by atoms with Gasteiger partial charge in [0.05, 0.1) is 37.1 Å². The van der Waals surface area contributed by atoms with Crippen LogP contribution in [0.4, 0.5) is 0 Å². The number of aliphatic hydroxyl groups is 3. The number of benzene rings is 1. The first-order chi connectivity index (χ1) is 32.2. The maximum Gasteiger partial charge on any atom is 0.329 e. The van der Waals surface area contributed by atoms with E-state index in [-0.39, 0.29) is 62.2 Å². The minimum Gasteiger partial charge on any atom is -0.456 e. The fourth-order valence-electron chi connectivity index (χ4n) is 11.1. The molecule has 5 rings (SSSR count). The van der Waals surface area contributed by atoms with Crippen molar-refractivity contribution in [2.75, 3.05) is 34.5 Å². The minimum absolute atomic E-state index is 0.0229. The molecule has 1 aliphatic carbocycles. The zero-order valence-electron chi connectivity index (χ0n) is 43.0. The molecule has 2 saturated heterocycles. The fourth-order valence-corrected chi connectivity index (χ4v) is 11.1. The minimum atomic E-state index is -2.52. The first-order valence-corrected chi connectivity index (χ1v) is 25.2. The molecule has 0 spiro atoms. The molecule has 14 heteroatoms. The van der Waals surface area contributed by atoms with E-state index in [1.165, 1.54) is 24.7 Å². The van der Waals surface area contributed by atoms with E-state index in [1.54, 1.807) is 21.0 Å². The Hall–Kier alpha value is -3.34. The predicted octanol–water partition coefficient (Wildman–Crippen LogP) is 7.16. The number of carbonyl (C=O) groups is 4. The van der Waals surface area contributed by atoms with Crippen molar-refractivity contribution in [3.63, 3.8) is 0 Å². The van der Waals surface area contributed by atoms with Crippen LogP contribution in [0.2, 0.25) is 0 Å². The summed E-state index contributed by atoms with van der Waals surface area (Å²) in [6.45, 7) is 17.6. The summed E-state index contributed by atoms with van der Waals surface area (Å²) >= 11 is 0. The number of ketones is 2. The smallest absolute Gasteiger partial charge is 0.329 e. The number of amides is 1. The third-order valence-corrected chi connectivity index (χ3v) is 15.7. The highest BCUT2D eigenvalue weighted by molar-refractivity contribution is 6.39. The molecule has 3 heterocycles. The van der Waals surface area contributed by atoms with Crippen molar-refractivity contribution in [2.45, 2.75) is 194 Å². The molecule has 3 fully saturated rings. The lowest BCUT2D eigenvalue weighted by Crippen LogP contribution is -2.64. The van der Waals surface area contributed by atoms with E-state index in [4.69, 9.17) is 28.4 Å². The summed E-state index contributed by atoms with van der Waals surface area (Å²) in [4.78, 5) is 58.5. The summed E-state index contributed by atoms with van der Waals surface area (Å²) in [7, 11) is 4.71. The van der Waals surface area contributed by atoms with Crippen LogP contribution < -0.4 is 0 Å². The van der Waals surface area contributed by atoms with Gasteiger partial charge in [-0.1, -0.05) is 57.6 Å². The number of nitrogens with zero attached hydrogens (tertiary/aromatic N) is 1. The van der Waals surface area contributed by atoms with E-state index < -0.39 is 83.9 Å². The lowest BCUT2D eigenvalue weighted by molar-refractivity contribution is -0.302. The standard InChI is InChI=1S/C54H83NO13/c1-13-39-21-30(2)20-31(3)22-47(64-11)50-48(65-12)26-35(7)54(62,68-50)51(59)52(60)55-19-15-14-16-41(55)53(61)67-49(37(9)42(56)28-43(39)57)34(6)23-38-17-18-45(46(27-38)63-10)66-29-44(58)40-24-32(4)36(8)33(5)25-40/h21,23-25,31,35,37-39,41-42,44-50,56,58,62H,13-20,22,26-29H2,1-12H3. The zero-order valence-corrected chi connectivity index (χ0v) is 43.0. The molecule has 15 atom stereocenters. The number of aryl methyl sites for hydroxylation is 2. The van der Waals surface area contributed by atoms with Crippen molar-refractivity contribution >= 4 is 23.4 Å². The van der Waals surface area contributed by atoms with Crippen LogP contribution in [0, 0.1) is 50.4 Å². The average Bonchev–Trinajstić information content (AvgIpc) is 3.31. The number of allylic oxidation sites excluding steroid dienone is 3. The molecule has 0 radical (unpaired) electrons. The maximum absolute atomic E-state index is 14.6. The molecule has 382 valence electrons. The van der Waals surface area contributed by atoms with Gasteiger partial charge in [-0.2, -0.15) is 0 Å². The fraction of sp³-hybridized carbons (Fsp3) is 0.741. The van der Waals surface area contributed by atoms with Gasteiger partial charge in [-0.05, 0) is 138 Å². The molecule has 3 aliphatic heterocycles. The van der Waals surface area contributed by atoms with E-state index in [0.29, 0.717) is 56.9 Å². The Kier molecular flexibility index (Phi) is 20.2. The van der Waals surface area contributed by atoms with Crippen LogP contribution in [0.3, 0.4) is 0 Å². The Morgan fingerprint density at radius 2 is 1.53 bits per heavy atom. The molecule has 1 amide bonds. The largest absolute Gasteiger partial charge is 0.456 e. The van der Waals surface area contributed by atoms with Crippen molar-refractivity contribution in [3.05, 3.63) is 57.7 Å². The van der Waals surface area contributed by atoms with Crippen molar-refractivity contribution < 1.29 is 62.9 Å². The monoisotopic (exact) mass is 954 g/mol. The number of piperidine rings is 1. The second-order valence-corrected chi connectivity index (χ2v) is 20.8. The lowest BCUT2D eigenvalue weighted by atomic mass is 9.81. The SMILES string of the molecule is CCC1C=C(C)CC(C)CC(OC)C2OC(O)(C(=O)C(=O)N3CCCCC3C(=O)OC(C(C)=CC3CCC(OCC(O)c4cc(C)c(C)c(C)c4)C(OC)C3)C(C)C(O)CC1=O)C(C)CC2OC. The van der Waals surface area contributed by atoms with Gasteiger partial charge in [0.15, 0.2) is 0 Å². The molecule has 14 nitrogen and oxygen atoms in total. The lowest BCUT2D eigenvalue weighted by Gasteiger charge is -2.47. The van der Waals surface area contributed by atoms with Crippen LogP contribution in [0.1, 0.15) is 141 Å². The Morgan fingerprint density at radius 1 is 0.882 bits per heavy atom. The Bertz CT molecular complexity index is 1940. The van der Waals surface area contributed by atoms with Gasteiger partial charge < -0.3 is 48.6 Å². The number of rotatable bonds is 10. The van der Waals surface area contributed by atoms with E-state index in [9.17, 15) is 34.5 Å². The van der Waals surface area contributed by atoms with E-state index in [2.05, 4.69) is 13.8 Å². The van der Waals surface area contributed by atoms with E-state index in [0.717, 1.165) is 22.3 Å². The second kappa shape index (κ2) is 24.7. The van der Waals surface area contributed by atoms with Gasteiger partial charge in [0.25, 0.3) is 11.7 Å². The van der Waals surface area contributed by atoms with Gasteiger partial charge in [-0.25, -0.2) is 4.79 Å². The summed E-state index contributed by atoms with van der Waals surface area (Å²) in [5, 5.41) is 35.1. The van der Waals surface area contributed by atoms with Gasteiger partial charge in [0.1, 0.15) is 30.1 Å². The van der Waals surface area contributed by atoms with Crippen LogP contribution in [0.25, 0.3) is 0 Å². The average molecular weight is 954 g/mol. The van der Waals surface area contributed by atoms with Crippen LogP contribution >= 0.6 is 0 Å². The third-order valence-electron chi connectivity index (χ3n) is 15.7. The summed E-state index contributed by atoms with van der Waals surface area (Å²) < 4.78 is 36.7. The van der Waals surface area contributed by atoms with Crippen molar-refractivity contribution in [1.29, 1.82) is 0 Å². The van der Waals surface area contributed by atoms with Gasteiger partial charge in [0, 0.05) is 52.0 Å². The van der Waals surface area contributed by atoms with Gasteiger partial charge >= 0.3 is 5.97 Å². The quantitative estimate of drug-likeness (QED) is 0.122. The molecule has 68 heavy (non-hydrogen) atoms. The number of carbonyl (C=O) groups excluding carboxylic acids is 4. The molecule has 3 N–H and O–H groups in total. The van der Waals surface area contributed by atoms with Crippen molar-refractivity contribution in [1.82, 2.24) is 4.90 Å². The number of ether oxygens (including phenoxy) is 6. The number of fused-ring (bicyclic) bond motifs is 3. The Labute approximate surface area is 405 Å². The topological polar surface area (TPSA) is 188 Å². The molecule has 0 aromatic heterocycles. The number of methoxy groups -OCH3 is 3. The number of hydrogen-bond donors (Lipinski definition) is 3. The first-order valence-electron chi connectivity index (χ1n) is 25.2. The molecular weight excluding hydrogens is 871 g/mol. The highest BCUT2D eigenvalue weighted by Crippen LogP contribution is 2.40. The molecular formula is C54H83NO13. The predicted molar refractivity (Wildman–Crippen MR) is 257 cm³/mol. The highest BCUT2D eigenvalue weighted by Gasteiger charge is 2.56.